The highest BCUT2D eigenvalue weighted by atomic mass is 32.1. The fraction of sp³-hybridized carbons (Fsp3) is 0.857. The summed E-state index contributed by atoms with van der Waals surface area (Å²) in [5.74, 6) is 0.486. The van der Waals surface area contributed by atoms with Crippen LogP contribution in [0.1, 0.15) is 103 Å². The summed E-state index contributed by atoms with van der Waals surface area (Å²) in [5, 5.41) is 0. The van der Waals surface area contributed by atoms with Crippen molar-refractivity contribution >= 4 is 18.6 Å². The van der Waals surface area contributed by atoms with Gasteiger partial charge >= 0.3 is 5.97 Å². The van der Waals surface area contributed by atoms with Crippen LogP contribution in [0.25, 0.3) is 0 Å². The summed E-state index contributed by atoms with van der Waals surface area (Å²) in [4.78, 5) is 11.3. The first kappa shape index (κ1) is 23.6. The molecule has 3 heteroatoms. The molecule has 0 atom stereocenters. The van der Waals surface area contributed by atoms with Gasteiger partial charge in [-0.05, 0) is 19.3 Å². The van der Waals surface area contributed by atoms with Gasteiger partial charge in [-0.2, -0.15) is 12.6 Å². The van der Waals surface area contributed by atoms with E-state index in [0.717, 1.165) is 12.8 Å². The maximum atomic E-state index is 11.3. The molecular formula is C21H40O2S. The highest BCUT2D eigenvalue weighted by Crippen LogP contribution is 2.12. The second-order valence-electron chi connectivity index (χ2n) is 6.63. The van der Waals surface area contributed by atoms with E-state index in [1.807, 2.05) is 0 Å². The number of rotatable bonds is 18. The van der Waals surface area contributed by atoms with E-state index in [4.69, 9.17) is 4.74 Å². The van der Waals surface area contributed by atoms with Crippen molar-refractivity contribution in [2.75, 3.05) is 12.4 Å². The van der Waals surface area contributed by atoms with Gasteiger partial charge < -0.3 is 4.74 Å². The molecular weight excluding hydrogens is 316 g/mol. The second kappa shape index (κ2) is 20.6. The maximum absolute atomic E-state index is 11.3. The van der Waals surface area contributed by atoms with E-state index in [2.05, 4.69) is 31.7 Å². The van der Waals surface area contributed by atoms with Gasteiger partial charge in [0, 0.05) is 12.2 Å². The van der Waals surface area contributed by atoms with Crippen LogP contribution in [0.2, 0.25) is 0 Å². The Labute approximate surface area is 156 Å². The van der Waals surface area contributed by atoms with Crippen LogP contribution in [0.4, 0.5) is 0 Å². The number of hydrogen-bond donors (Lipinski definition) is 1. The van der Waals surface area contributed by atoms with E-state index in [9.17, 15) is 4.79 Å². The summed E-state index contributed by atoms with van der Waals surface area (Å²) < 4.78 is 4.97. The smallest absolute Gasteiger partial charge is 0.306 e. The van der Waals surface area contributed by atoms with Gasteiger partial charge in [-0.25, -0.2) is 0 Å². The Bertz CT molecular complexity index is 290. The van der Waals surface area contributed by atoms with E-state index >= 15 is 0 Å². The molecule has 0 radical (unpaired) electrons. The Hall–Kier alpha value is -0.440. The summed E-state index contributed by atoms with van der Waals surface area (Å²) in [7, 11) is 0. The highest BCUT2D eigenvalue weighted by Gasteiger charge is 1.99. The Kier molecular flexibility index (Phi) is 20.2. The average molecular weight is 357 g/mol. The fourth-order valence-corrected chi connectivity index (χ4v) is 2.86. The van der Waals surface area contributed by atoms with E-state index in [0.29, 0.717) is 18.8 Å². The average Bonchev–Trinajstić information content (AvgIpc) is 2.59. The number of thiol groups is 1. The number of carbonyl (C=O) groups is 1. The standard InChI is InChI=1S/C21H40O2S/c1-2-3-4-5-6-7-8-9-10-11-12-13-14-15-16-17-18-21(22)23-19-20-24/h15-16,24H,2-14,17-20H2,1H3/b16-15+. The molecule has 142 valence electrons. The first-order chi connectivity index (χ1) is 11.8. The zero-order valence-corrected chi connectivity index (χ0v) is 16.8. The van der Waals surface area contributed by atoms with Crippen molar-refractivity contribution in [2.45, 2.75) is 103 Å². The first-order valence-corrected chi connectivity index (χ1v) is 10.9. The molecule has 0 bridgehead atoms. The monoisotopic (exact) mass is 356 g/mol. The summed E-state index contributed by atoms with van der Waals surface area (Å²) in [6.45, 7) is 2.70. The van der Waals surface area contributed by atoms with Crippen molar-refractivity contribution < 1.29 is 9.53 Å². The molecule has 0 aliphatic carbocycles. The van der Waals surface area contributed by atoms with E-state index in [1.165, 1.54) is 77.0 Å². The van der Waals surface area contributed by atoms with Crippen LogP contribution in [0.3, 0.4) is 0 Å². The third-order valence-electron chi connectivity index (χ3n) is 4.26. The summed E-state index contributed by atoms with van der Waals surface area (Å²) >= 11 is 4.01. The van der Waals surface area contributed by atoms with Gasteiger partial charge in [-0.3, -0.25) is 4.79 Å². The third-order valence-corrected chi connectivity index (χ3v) is 4.44. The second-order valence-corrected chi connectivity index (χ2v) is 7.08. The third kappa shape index (κ3) is 19.6. The van der Waals surface area contributed by atoms with Gasteiger partial charge in [-0.1, -0.05) is 89.7 Å². The van der Waals surface area contributed by atoms with Gasteiger partial charge in [0.05, 0.1) is 0 Å². The summed E-state index contributed by atoms with van der Waals surface area (Å²) in [6, 6.07) is 0. The SMILES string of the molecule is CCCCCCCCCCCCCC/C=C/CCC(=O)OCCS. The number of unbranched alkanes of at least 4 members (excludes halogenated alkanes) is 12. The van der Waals surface area contributed by atoms with Gasteiger partial charge in [0.25, 0.3) is 0 Å². The van der Waals surface area contributed by atoms with E-state index in [-0.39, 0.29) is 5.97 Å². The normalized spacial score (nSPS) is 11.2. The Morgan fingerprint density at radius 3 is 1.83 bits per heavy atom. The van der Waals surface area contributed by atoms with Gasteiger partial charge in [0.2, 0.25) is 0 Å². The van der Waals surface area contributed by atoms with Crippen LogP contribution in [0.5, 0.6) is 0 Å². The Morgan fingerprint density at radius 2 is 1.29 bits per heavy atom. The maximum Gasteiger partial charge on any atom is 0.306 e. The number of carbonyl (C=O) groups excluding carboxylic acids is 1. The van der Waals surface area contributed by atoms with Crippen molar-refractivity contribution in [1.82, 2.24) is 0 Å². The lowest BCUT2D eigenvalue weighted by molar-refractivity contribution is -0.142. The Morgan fingerprint density at radius 1 is 0.792 bits per heavy atom. The van der Waals surface area contributed by atoms with Crippen LogP contribution in [0, 0.1) is 0 Å². The van der Waals surface area contributed by atoms with Crippen molar-refractivity contribution in [3.63, 3.8) is 0 Å². The topological polar surface area (TPSA) is 26.3 Å². The minimum absolute atomic E-state index is 0.112. The van der Waals surface area contributed by atoms with Crippen molar-refractivity contribution in [3.05, 3.63) is 12.2 Å². The molecule has 0 amide bonds. The van der Waals surface area contributed by atoms with Crippen LogP contribution < -0.4 is 0 Å². The van der Waals surface area contributed by atoms with Crippen LogP contribution in [0.15, 0.2) is 12.2 Å². The molecule has 0 N–H and O–H groups in total. The van der Waals surface area contributed by atoms with Crippen LogP contribution >= 0.6 is 12.6 Å². The van der Waals surface area contributed by atoms with Crippen molar-refractivity contribution in [3.8, 4) is 0 Å². The molecule has 0 aliphatic heterocycles. The predicted molar refractivity (Wildman–Crippen MR) is 109 cm³/mol. The number of esters is 1. The lowest BCUT2D eigenvalue weighted by Crippen LogP contribution is -2.05. The summed E-state index contributed by atoms with van der Waals surface area (Å²) in [6.07, 6.45) is 23.5. The largest absolute Gasteiger partial charge is 0.465 e. The van der Waals surface area contributed by atoms with Crippen molar-refractivity contribution in [1.29, 1.82) is 0 Å². The molecule has 2 nitrogen and oxygen atoms in total. The fourth-order valence-electron chi connectivity index (χ4n) is 2.77. The minimum atomic E-state index is -0.112. The minimum Gasteiger partial charge on any atom is -0.465 e. The zero-order valence-electron chi connectivity index (χ0n) is 15.9. The van der Waals surface area contributed by atoms with Crippen LogP contribution in [-0.2, 0) is 9.53 Å². The predicted octanol–water partition coefficient (Wildman–Crippen LogP) is 6.89. The number of hydrogen-bond acceptors (Lipinski definition) is 3. The number of ether oxygens (including phenoxy) is 1. The van der Waals surface area contributed by atoms with Crippen LogP contribution in [-0.4, -0.2) is 18.3 Å². The molecule has 0 unspecified atom stereocenters. The molecule has 0 aromatic rings. The van der Waals surface area contributed by atoms with Crippen molar-refractivity contribution in [2.24, 2.45) is 0 Å². The molecule has 0 rings (SSSR count). The lowest BCUT2D eigenvalue weighted by Gasteiger charge is -2.02. The van der Waals surface area contributed by atoms with E-state index < -0.39 is 0 Å². The van der Waals surface area contributed by atoms with Gasteiger partial charge in [0.1, 0.15) is 6.61 Å². The number of allylic oxidation sites excluding steroid dienone is 2. The zero-order chi connectivity index (χ0) is 17.7. The van der Waals surface area contributed by atoms with Gasteiger partial charge in [0.15, 0.2) is 0 Å². The van der Waals surface area contributed by atoms with E-state index in [1.54, 1.807) is 0 Å². The molecule has 0 aromatic heterocycles. The highest BCUT2D eigenvalue weighted by molar-refractivity contribution is 7.80. The molecule has 0 aromatic carbocycles. The Balaban J connectivity index is 3.14. The lowest BCUT2D eigenvalue weighted by atomic mass is 10.0. The molecule has 0 fully saturated rings. The molecule has 0 aliphatic rings. The molecule has 0 saturated heterocycles. The molecule has 0 heterocycles. The molecule has 0 saturated carbocycles. The molecule has 24 heavy (non-hydrogen) atoms. The molecule has 0 spiro atoms. The summed E-state index contributed by atoms with van der Waals surface area (Å²) in [5.41, 5.74) is 0. The quantitative estimate of drug-likeness (QED) is 0.125. The first-order valence-electron chi connectivity index (χ1n) is 10.2. The van der Waals surface area contributed by atoms with Gasteiger partial charge in [-0.15, -0.1) is 0 Å².